The molecule has 1 amide bonds. The van der Waals surface area contributed by atoms with E-state index in [-0.39, 0.29) is 18.1 Å². The van der Waals surface area contributed by atoms with E-state index in [1.807, 2.05) is 4.90 Å². The predicted molar refractivity (Wildman–Crippen MR) is 93.3 cm³/mol. The highest BCUT2D eigenvalue weighted by Gasteiger charge is 2.47. The number of likely N-dealkylation sites (tertiary alicyclic amines) is 1. The van der Waals surface area contributed by atoms with Crippen molar-refractivity contribution >= 4 is 17.7 Å². The maximum Gasteiger partial charge on any atom is 0.410 e. The molecule has 6 heteroatoms. The summed E-state index contributed by atoms with van der Waals surface area (Å²) in [5.74, 6) is 2.76. The van der Waals surface area contributed by atoms with E-state index in [9.17, 15) is 4.79 Å². The molecule has 5 nitrogen and oxygen atoms in total. The van der Waals surface area contributed by atoms with Gasteiger partial charge in [-0.05, 0) is 38.0 Å². The highest BCUT2D eigenvalue weighted by molar-refractivity contribution is 6.30. The van der Waals surface area contributed by atoms with Crippen molar-refractivity contribution in [3.05, 3.63) is 34.9 Å². The van der Waals surface area contributed by atoms with Gasteiger partial charge in [-0.1, -0.05) is 23.3 Å². The molecule has 0 aromatic carbocycles. The van der Waals surface area contributed by atoms with Gasteiger partial charge in [-0.15, -0.1) is 0 Å². The molecule has 1 saturated heterocycles. The van der Waals surface area contributed by atoms with Crippen LogP contribution in [0.1, 0.15) is 43.8 Å². The van der Waals surface area contributed by atoms with E-state index < -0.39 is 0 Å². The topological polar surface area (TPSA) is 55.3 Å². The molecule has 6 rings (SSSR count). The third-order valence-electron chi connectivity index (χ3n) is 6.35. The minimum absolute atomic E-state index is 0.118. The first-order chi connectivity index (χ1) is 12.2. The first-order valence-corrected chi connectivity index (χ1v) is 9.66. The van der Waals surface area contributed by atoms with E-state index >= 15 is 0 Å². The molecule has 132 valence electrons. The Morgan fingerprint density at radius 2 is 1.92 bits per heavy atom. The van der Waals surface area contributed by atoms with E-state index in [1.54, 1.807) is 18.0 Å². The Balaban J connectivity index is 1.22. The van der Waals surface area contributed by atoms with Crippen molar-refractivity contribution in [2.24, 2.45) is 17.8 Å². The lowest BCUT2D eigenvalue weighted by Gasteiger charge is -2.49. The number of carbonyl (C=O) groups excluding carboxylic acids is 1. The van der Waals surface area contributed by atoms with Crippen molar-refractivity contribution in [2.75, 3.05) is 13.1 Å². The standard InChI is InChI=1S/C19H22ClN3O2/c20-16-8-21-18(22-9-16)13-1-2-23(10-13)19(24)25-17-14-4-11-3-12(6-14)7-15(17)5-11/h3,8-9,11,13-15,17H,1-2,4-7,10H2. The number of ether oxygens (including phenoxy) is 1. The van der Waals surface area contributed by atoms with Gasteiger partial charge in [0.1, 0.15) is 11.9 Å². The van der Waals surface area contributed by atoms with E-state index in [0.717, 1.165) is 31.0 Å². The molecule has 0 radical (unpaired) electrons. The van der Waals surface area contributed by atoms with E-state index in [1.165, 1.54) is 12.8 Å². The van der Waals surface area contributed by atoms with Gasteiger partial charge in [0.2, 0.25) is 0 Å². The van der Waals surface area contributed by atoms with Crippen LogP contribution in [-0.2, 0) is 4.74 Å². The molecule has 2 heterocycles. The van der Waals surface area contributed by atoms with Gasteiger partial charge in [-0.2, -0.15) is 0 Å². The van der Waals surface area contributed by atoms with Crippen LogP contribution in [0.4, 0.5) is 4.79 Å². The Hall–Kier alpha value is -1.62. The molecule has 4 aliphatic carbocycles. The van der Waals surface area contributed by atoms with Crippen LogP contribution in [0, 0.1) is 17.8 Å². The number of rotatable bonds is 2. The molecule has 5 aliphatic rings. The Morgan fingerprint density at radius 3 is 2.60 bits per heavy atom. The summed E-state index contributed by atoms with van der Waals surface area (Å²) >= 11 is 5.85. The summed E-state index contributed by atoms with van der Waals surface area (Å²) in [6.07, 6.45) is 11.2. The number of amides is 1. The maximum absolute atomic E-state index is 12.7. The monoisotopic (exact) mass is 359 g/mol. The number of carbonyl (C=O) groups is 1. The Morgan fingerprint density at radius 1 is 1.20 bits per heavy atom. The van der Waals surface area contributed by atoms with Gasteiger partial charge < -0.3 is 9.64 Å². The smallest absolute Gasteiger partial charge is 0.410 e. The van der Waals surface area contributed by atoms with Crippen LogP contribution in [-0.4, -0.2) is 40.2 Å². The summed E-state index contributed by atoms with van der Waals surface area (Å²) in [5.41, 5.74) is 1.60. The van der Waals surface area contributed by atoms with E-state index in [0.29, 0.717) is 29.9 Å². The Bertz CT molecular complexity index is 702. The maximum atomic E-state index is 12.7. The van der Waals surface area contributed by atoms with Crippen LogP contribution in [0.25, 0.3) is 0 Å². The van der Waals surface area contributed by atoms with Gasteiger partial charge in [0.05, 0.1) is 5.02 Å². The molecule has 1 aromatic heterocycles. The molecule has 3 fully saturated rings. The van der Waals surface area contributed by atoms with Crippen molar-refractivity contribution in [3.8, 4) is 0 Å². The lowest BCUT2D eigenvalue weighted by molar-refractivity contribution is -0.0432. The zero-order chi connectivity index (χ0) is 17.0. The SMILES string of the molecule is O=C(OC1C2CC3=CC(C2)CC1C3)N1CCC(c2ncc(Cl)cn2)C1. The average Bonchev–Trinajstić information content (AvgIpc) is 3.08. The third-order valence-corrected chi connectivity index (χ3v) is 6.54. The minimum atomic E-state index is -0.150. The first-order valence-electron chi connectivity index (χ1n) is 9.28. The van der Waals surface area contributed by atoms with Crippen molar-refractivity contribution in [1.82, 2.24) is 14.9 Å². The quantitative estimate of drug-likeness (QED) is 0.753. The zero-order valence-electron chi connectivity index (χ0n) is 14.1. The number of nitrogens with zero attached hydrogens (tertiary/aromatic N) is 3. The number of hydrogen-bond acceptors (Lipinski definition) is 4. The van der Waals surface area contributed by atoms with Gasteiger partial charge in [-0.25, -0.2) is 14.8 Å². The van der Waals surface area contributed by atoms with Gasteiger partial charge in [0, 0.05) is 43.2 Å². The number of hydrogen-bond donors (Lipinski definition) is 0. The lowest BCUT2D eigenvalue weighted by Crippen LogP contribution is -2.47. The largest absolute Gasteiger partial charge is 0.445 e. The van der Waals surface area contributed by atoms with Crippen LogP contribution >= 0.6 is 11.6 Å². The Kier molecular flexibility index (Phi) is 3.73. The van der Waals surface area contributed by atoms with E-state index in [2.05, 4.69) is 16.0 Å². The van der Waals surface area contributed by atoms with Crippen LogP contribution in [0.2, 0.25) is 5.02 Å². The zero-order valence-corrected chi connectivity index (χ0v) is 14.9. The molecule has 4 bridgehead atoms. The molecule has 3 unspecified atom stereocenters. The Labute approximate surface area is 152 Å². The lowest BCUT2D eigenvalue weighted by atomic mass is 9.60. The summed E-state index contributed by atoms with van der Waals surface area (Å²) in [4.78, 5) is 23.1. The summed E-state index contributed by atoms with van der Waals surface area (Å²) in [6.45, 7) is 1.35. The second-order valence-corrected chi connectivity index (χ2v) is 8.46. The predicted octanol–water partition coefficient (Wildman–Crippen LogP) is 3.80. The minimum Gasteiger partial charge on any atom is -0.445 e. The first kappa shape index (κ1) is 15.6. The van der Waals surface area contributed by atoms with Crippen molar-refractivity contribution in [2.45, 2.75) is 44.1 Å². The fourth-order valence-corrected chi connectivity index (χ4v) is 5.44. The number of aromatic nitrogens is 2. The molecular weight excluding hydrogens is 338 g/mol. The van der Waals surface area contributed by atoms with Crippen LogP contribution in [0.3, 0.4) is 0 Å². The number of allylic oxidation sites excluding steroid dienone is 2. The molecule has 1 aromatic rings. The third kappa shape index (κ3) is 2.82. The van der Waals surface area contributed by atoms with Gasteiger partial charge in [0.25, 0.3) is 0 Å². The van der Waals surface area contributed by atoms with Crippen LogP contribution < -0.4 is 0 Å². The van der Waals surface area contributed by atoms with Gasteiger partial charge >= 0.3 is 6.09 Å². The molecular formula is C19H22ClN3O2. The fraction of sp³-hybridized carbons (Fsp3) is 0.632. The summed E-state index contributed by atoms with van der Waals surface area (Å²) in [5, 5.41) is 0.537. The molecule has 0 N–H and O–H groups in total. The van der Waals surface area contributed by atoms with Gasteiger partial charge in [0.15, 0.2) is 0 Å². The molecule has 2 saturated carbocycles. The highest BCUT2D eigenvalue weighted by atomic mass is 35.5. The average molecular weight is 360 g/mol. The normalized spacial score (nSPS) is 35.8. The van der Waals surface area contributed by atoms with Gasteiger partial charge in [-0.3, -0.25) is 0 Å². The van der Waals surface area contributed by atoms with Crippen molar-refractivity contribution < 1.29 is 9.53 Å². The highest BCUT2D eigenvalue weighted by Crippen LogP contribution is 2.51. The second-order valence-electron chi connectivity index (χ2n) is 8.02. The molecule has 3 atom stereocenters. The molecule has 25 heavy (non-hydrogen) atoms. The summed E-state index contributed by atoms with van der Waals surface area (Å²) in [6, 6.07) is 0. The van der Waals surface area contributed by atoms with Crippen molar-refractivity contribution in [3.63, 3.8) is 0 Å². The van der Waals surface area contributed by atoms with Crippen LogP contribution in [0.5, 0.6) is 0 Å². The summed E-state index contributed by atoms with van der Waals surface area (Å²) < 4.78 is 6.01. The van der Waals surface area contributed by atoms with Crippen molar-refractivity contribution in [1.29, 1.82) is 0 Å². The van der Waals surface area contributed by atoms with E-state index in [4.69, 9.17) is 16.3 Å². The second kappa shape index (κ2) is 5.97. The fourth-order valence-electron chi connectivity index (χ4n) is 5.34. The molecule has 1 aliphatic heterocycles. The van der Waals surface area contributed by atoms with Crippen LogP contribution in [0.15, 0.2) is 24.0 Å². The molecule has 0 spiro atoms. The number of halogens is 1. The summed E-state index contributed by atoms with van der Waals surface area (Å²) in [7, 11) is 0.